The summed E-state index contributed by atoms with van der Waals surface area (Å²) in [5, 5.41) is 48.7. The van der Waals surface area contributed by atoms with Gasteiger partial charge in [-0.25, -0.2) is 0 Å². The number of piperazine rings is 1. The van der Waals surface area contributed by atoms with Crippen LogP contribution < -0.4 is 19.5 Å². The molecule has 22 nitrogen and oxygen atoms in total. The minimum absolute atomic E-state index is 0.0233. The van der Waals surface area contributed by atoms with E-state index in [-0.39, 0.29) is 65.4 Å². The number of amides is 1. The van der Waals surface area contributed by atoms with Crippen LogP contribution in [0.2, 0.25) is 0 Å². The first kappa shape index (κ1) is 55.8. The third-order valence-electron chi connectivity index (χ3n) is 15.3. The quantitative estimate of drug-likeness (QED) is 0.123. The number of aliphatic hydroxyl groups is 2. The van der Waals surface area contributed by atoms with Crippen LogP contribution in [-0.4, -0.2) is 145 Å². The molecule has 1 amide bonds. The van der Waals surface area contributed by atoms with Gasteiger partial charge in [0.2, 0.25) is 11.6 Å². The Balaban J connectivity index is 1.07. The van der Waals surface area contributed by atoms with E-state index >= 15 is 4.79 Å². The van der Waals surface area contributed by atoms with E-state index in [1.807, 2.05) is 31.2 Å². The highest BCUT2D eigenvalue weighted by atomic mass is 16.7. The number of Topliss-reactive ketones (excluding diaryl/α,β-unsaturated/α-hetero) is 3. The van der Waals surface area contributed by atoms with Crippen LogP contribution in [0.25, 0.3) is 0 Å². The Morgan fingerprint density at radius 1 is 0.922 bits per heavy atom. The number of phenols is 1. The summed E-state index contributed by atoms with van der Waals surface area (Å²) >= 11 is 0. The van der Waals surface area contributed by atoms with Crippen molar-refractivity contribution in [2.24, 2.45) is 23.7 Å². The van der Waals surface area contributed by atoms with E-state index in [2.05, 4.69) is 15.2 Å². The van der Waals surface area contributed by atoms with E-state index in [9.17, 15) is 44.6 Å². The van der Waals surface area contributed by atoms with Gasteiger partial charge in [-0.2, -0.15) is 0 Å². The maximum absolute atomic E-state index is 15.3. The largest absolute Gasteiger partial charge is 0.507 e. The molecule has 1 fully saturated rings. The molecule has 0 spiro atoms. The van der Waals surface area contributed by atoms with E-state index in [0.29, 0.717) is 31.9 Å². The van der Waals surface area contributed by atoms with Gasteiger partial charge in [0.25, 0.3) is 11.7 Å². The second kappa shape index (κ2) is 21.9. The highest BCUT2D eigenvalue weighted by Gasteiger charge is 2.53. The van der Waals surface area contributed by atoms with Crippen molar-refractivity contribution in [1.82, 2.24) is 24.7 Å². The van der Waals surface area contributed by atoms with E-state index in [1.54, 1.807) is 49.3 Å². The molecule has 4 N–H and O–H groups in total. The summed E-state index contributed by atoms with van der Waals surface area (Å²) in [6.45, 7) is 16.4. The number of ketones is 3. The monoisotopic (exact) mass is 1070 g/mol. The highest BCUT2D eigenvalue weighted by Crippen LogP contribution is 2.49. The summed E-state index contributed by atoms with van der Waals surface area (Å²) in [5.41, 5.74) is -1.48. The number of carbonyl (C=O) groups is 5. The topological polar surface area (TPSA) is 281 Å². The van der Waals surface area contributed by atoms with Crippen molar-refractivity contribution in [3.05, 3.63) is 116 Å². The molecule has 0 saturated carbocycles. The molecule has 6 heterocycles. The van der Waals surface area contributed by atoms with Crippen LogP contribution >= 0.6 is 0 Å². The first-order valence-corrected chi connectivity index (χ1v) is 25.5. The van der Waals surface area contributed by atoms with Gasteiger partial charge in [0, 0.05) is 93.5 Å². The number of hydrogen-bond acceptors (Lipinski definition) is 19. The predicted molar refractivity (Wildman–Crippen MR) is 275 cm³/mol. The number of hydrogen-bond donors (Lipinski definition) is 4. The molecule has 1 saturated heterocycles. The fraction of sp³-hybridized carbons (Fsp3) is 0.491. The summed E-state index contributed by atoms with van der Waals surface area (Å²) < 4.78 is 37.3. The maximum Gasteiger partial charge on any atom is 0.415 e. The molecule has 412 valence electrons. The van der Waals surface area contributed by atoms with Crippen molar-refractivity contribution in [2.75, 3.05) is 39.9 Å². The molecule has 1 unspecified atom stereocenters. The van der Waals surface area contributed by atoms with Crippen molar-refractivity contribution in [1.29, 1.82) is 0 Å². The number of benzene rings is 2. The Morgan fingerprint density at radius 3 is 2.25 bits per heavy atom. The van der Waals surface area contributed by atoms with Crippen LogP contribution in [0.4, 0.5) is 5.82 Å². The summed E-state index contributed by atoms with van der Waals surface area (Å²) in [4.78, 5) is 89.8. The van der Waals surface area contributed by atoms with Crippen molar-refractivity contribution in [3.8, 4) is 23.3 Å². The van der Waals surface area contributed by atoms with E-state index in [0.717, 1.165) is 5.56 Å². The summed E-state index contributed by atoms with van der Waals surface area (Å²) in [7, 11) is 1.42. The van der Waals surface area contributed by atoms with Crippen LogP contribution in [0.5, 0.6) is 23.3 Å². The molecule has 77 heavy (non-hydrogen) atoms. The smallest absolute Gasteiger partial charge is 0.415 e. The lowest BCUT2D eigenvalue weighted by molar-refractivity contribution is -0.389. The number of aliphatic hydroxyl groups excluding tert-OH is 2. The molecule has 3 aromatic rings. The van der Waals surface area contributed by atoms with Crippen LogP contribution in [0.3, 0.4) is 0 Å². The minimum atomic E-state index is -2.13. The fourth-order valence-electron chi connectivity index (χ4n) is 10.6. The highest BCUT2D eigenvalue weighted by molar-refractivity contribution is 6.32. The summed E-state index contributed by atoms with van der Waals surface area (Å²) in [6, 6.07) is 7.63. The zero-order chi connectivity index (χ0) is 56.0. The molecular weight excluding hydrogens is 1000 g/mol. The molecule has 6 aliphatic rings. The molecule has 1 aliphatic carbocycles. The van der Waals surface area contributed by atoms with Gasteiger partial charge >= 0.3 is 23.6 Å². The number of phenolic OH excluding ortho intramolecular Hbond substituents is 1. The molecule has 0 radical (unpaired) electrons. The number of aromatic nitrogens is 2. The Hall–Kier alpha value is -7.40. The molecule has 10 atom stereocenters. The lowest BCUT2D eigenvalue weighted by Crippen LogP contribution is -2.49. The third kappa shape index (κ3) is 11.0. The number of esters is 1. The predicted octanol–water partition coefficient (Wildman–Crippen LogP) is 5.11. The molecule has 1 aromatic heterocycles. The molecular formula is C55H66N6O16. The second-order valence-electron chi connectivity index (χ2n) is 21.0. The average Bonchev–Trinajstić information content (AvgIpc) is 4.17. The number of nitro groups is 1. The molecule has 9 rings (SSSR count). The Morgan fingerprint density at radius 2 is 1.61 bits per heavy atom. The summed E-state index contributed by atoms with van der Waals surface area (Å²) in [5.74, 6) is -9.17. The number of nitrogens with one attached hydrogen (secondary N) is 1. The van der Waals surface area contributed by atoms with E-state index in [4.69, 9.17) is 28.4 Å². The molecule has 2 aromatic carbocycles. The Kier molecular flexibility index (Phi) is 15.9. The Bertz CT molecular complexity index is 2970. The number of carbonyl (C=O) groups excluding carboxylic acids is 5. The van der Waals surface area contributed by atoms with Crippen molar-refractivity contribution < 1.29 is 72.6 Å². The molecule has 5 aliphatic heterocycles. The van der Waals surface area contributed by atoms with Crippen molar-refractivity contribution >= 4 is 35.0 Å². The van der Waals surface area contributed by atoms with Gasteiger partial charge in [-0.3, -0.25) is 33.4 Å². The van der Waals surface area contributed by atoms with Gasteiger partial charge in [0.1, 0.15) is 47.6 Å². The van der Waals surface area contributed by atoms with Gasteiger partial charge in [-0.1, -0.05) is 58.1 Å². The van der Waals surface area contributed by atoms with Gasteiger partial charge in [0.05, 0.1) is 47.8 Å². The fourth-order valence-corrected chi connectivity index (χ4v) is 10.6. The van der Waals surface area contributed by atoms with Crippen molar-refractivity contribution in [2.45, 2.75) is 111 Å². The van der Waals surface area contributed by atoms with Crippen LogP contribution in [-0.2, 0) is 36.9 Å². The first-order chi connectivity index (χ1) is 36.4. The van der Waals surface area contributed by atoms with E-state index in [1.165, 1.54) is 59.4 Å². The number of methoxy groups -OCH3 is 1. The van der Waals surface area contributed by atoms with Crippen molar-refractivity contribution in [3.63, 3.8) is 0 Å². The minimum Gasteiger partial charge on any atom is -0.507 e. The third-order valence-corrected chi connectivity index (χ3v) is 15.3. The number of fused-ring (bicyclic) bond motifs is 15. The van der Waals surface area contributed by atoms with Gasteiger partial charge in [-0.05, 0) is 49.5 Å². The standard InChI is InChI=1S/C55H66N6O16/c1-28-12-11-13-29(2)52(69)57-42-43(59-21-19-58(20-22-59)24-35-14-16-36(17-15-35)73-27-54(8)26-60-25-38(61(70)71)56-53(60)77-54)48(67)39-40(47(42)66)46(65)33(6)50-41(39)51(68)55(9,76-50)74-23-18-37(72-10)30(3)49(75-34(7)62)32(5)45(64)31(4)44(28)63/h11-18,23,25,28,30-32,37,44-45,49,63-65H,19-22,24,26-27H2,1-10H3,(H,57,69)/b12-11+,23-18+,29-13-/t28-,30+,31+,32+,37-,44-,45+,49+,54?,55-/m0/s1. The van der Waals surface area contributed by atoms with Crippen LogP contribution in [0.15, 0.2) is 78.0 Å². The normalized spacial score (nSPS) is 30.6. The molecule has 22 heteroatoms. The lowest BCUT2D eigenvalue weighted by atomic mass is 9.78. The van der Waals surface area contributed by atoms with Gasteiger partial charge in [-0.15, -0.1) is 0 Å². The SMILES string of the molecule is CO[C@H]1/C=C/O[C@@]2(C)Oc3c(C)c(O)c4c(c3C2=O)C(=O)C(N2CCN(Cc3ccc(OCC5(C)Cn6cc([N+](=O)[O-])nc6O5)cc3)CC2)=C(NC(=O)/C(C)=C\C=C\[C@H](C)[C@H](O)[C@@H](C)[C@@H](O)[C@@H](C)[C@H](OC(C)=O)[C@@H]1C)C4=O. The van der Waals surface area contributed by atoms with E-state index < -0.39 is 111 Å². The Labute approximate surface area is 445 Å². The number of allylic oxidation sites excluding steroid dienone is 4. The lowest BCUT2D eigenvalue weighted by Gasteiger charge is -2.39. The van der Waals surface area contributed by atoms with Gasteiger partial charge < -0.3 is 64.1 Å². The number of aromatic hydroxyl groups is 1. The zero-order valence-electron chi connectivity index (χ0n) is 44.7. The zero-order valence-corrected chi connectivity index (χ0v) is 44.7. The second-order valence-corrected chi connectivity index (χ2v) is 21.0. The first-order valence-electron chi connectivity index (χ1n) is 25.5. The number of nitrogens with zero attached hydrogens (tertiary/aromatic N) is 5. The number of imidazole rings is 1. The molecule has 5 bridgehead atoms. The summed E-state index contributed by atoms with van der Waals surface area (Å²) in [6.07, 6.45) is 4.62. The van der Waals surface area contributed by atoms with Crippen LogP contribution in [0, 0.1) is 40.7 Å². The average molecular weight is 1070 g/mol. The maximum atomic E-state index is 15.3. The van der Waals surface area contributed by atoms with Gasteiger partial charge in [0.15, 0.2) is 5.60 Å². The van der Waals surface area contributed by atoms with Crippen LogP contribution in [0.1, 0.15) is 97.6 Å². The number of rotatable bonds is 9. The number of ether oxygens (including phenoxy) is 6.